The van der Waals surface area contributed by atoms with Gasteiger partial charge in [0.1, 0.15) is 17.2 Å². The largest absolute Gasteiger partial charge is 0.497 e. The first-order valence-corrected chi connectivity index (χ1v) is 9.20. The van der Waals surface area contributed by atoms with E-state index < -0.39 is 0 Å². The van der Waals surface area contributed by atoms with Gasteiger partial charge >= 0.3 is 0 Å². The number of methoxy groups -OCH3 is 1. The molecule has 0 spiro atoms. The lowest BCUT2D eigenvalue weighted by molar-refractivity contribution is 0.303. The van der Waals surface area contributed by atoms with Crippen molar-refractivity contribution in [2.75, 3.05) is 13.7 Å². The number of aromatic nitrogens is 1. The Morgan fingerprint density at radius 3 is 2.66 bits per heavy atom. The summed E-state index contributed by atoms with van der Waals surface area (Å²) in [6, 6.07) is 18.4. The summed E-state index contributed by atoms with van der Waals surface area (Å²) in [7, 11) is 1.58. The number of benzene rings is 2. The van der Waals surface area contributed by atoms with Crippen LogP contribution >= 0.6 is 0 Å². The fraction of sp³-hybridized carbons (Fsp3) is 0.130. The smallest absolute Gasteiger partial charge is 0.245 e. The van der Waals surface area contributed by atoms with Crippen molar-refractivity contribution < 1.29 is 14.6 Å². The summed E-state index contributed by atoms with van der Waals surface area (Å²) in [6.07, 6.45) is 6.20. The highest BCUT2D eigenvalue weighted by Gasteiger charge is 2.12. The molecule has 6 heteroatoms. The molecule has 0 amide bonds. The van der Waals surface area contributed by atoms with E-state index in [4.69, 9.17) is 20.0 Å². The molecule has 3 rings (SSSR count). The predicted octanol–water partition coefficient (Wildman–Crippen LogP) is 4.27. The van der Waals surface area contributed by atoms with Gasteiger partial charge in [-0.15, -0.1) is 0 Å². The molecule has 0 bridgehead atoms. The first-order valence-electron chi connectivity index (χ1n) is 9.20. The molecule has 0 saturated carbocycles. The fourth-order valence-electron chi connectivity index (χ4n) is 2.60. The van der Waals surface area contributed by atoms with Gasteiger partial charge in [0.2, 0.25) is 5.90 Å². The number of H-pyrrole nitrogens is 1. The van der Waals surface area contributed by atoms with Crippen molar-refractivity contribution in [3.05, 3.63) is 89.8 Å². The van der Waals surface area contributed by atoms with Gasteiger partial charge in [-0.25, -0.2) is 0 Å². The maximum Gasteiger partial charge on any atom is 0.245 e. The highest BCUT2D eigenvalue weighted by Crippen LogP contribution is 2.17. The number of para-hydroxylation sites is 1. The Hall–Kier alpha value is -3.64. The van der Waals surface area contributed by atoms with E-state index in [1.54, 1.807) is 19.2 Å². The van der Waals surface area contributed by atoms with Gasteiger partial charge < -0.3 is 19.6 Å². The van der Waals surface area contributed by atoms with Crippen molar-refractivity contribution >= 4 is 17.8 Å². The zero-order valence-corrected chi connectivity index (χ0v) is 16.1. The average molecular weight is 389 g/mol. The summed E-state index contributed by atoms with van der Waals surface area (Å²) in [4.78, 5) is 7.57. The van der Waals surface area contributed by atoms with Crippen molar-refractivity contribution in [1.29, 1.82) is 5.41 Å². The monoisotopic (exact) mass is 389 g/mol. The second kappa shape index (κ2) is 10.1. The topological polar surface area (TPSA) is 90.7 Å². The van der Waals surface area contributed by atoms with Gasteiger partial charge in [-0.2, -0.15) is 4.99 Å². The Morgan fingerprint density at radius 1 is 1.10 bits per heavy atom. The van der Waals surface area contributed by atoms with Gasteiger partial charge in [0.15, 0.2) is 5.84 Å². The quantitative estimate of drug-likeness (QED) is 0.416. The van der Waals surface area contributed by atoms with Crippen molar-refractivity contribution in [3.63, 3.8) is 0 Å². The first-order chi connectivity index (χ1) is 14.2. The molecule has 0 fully saturated rings. The average Bonchev–Trinajstić information content (AvgIpc) is 3.23. The number of ether oxygens (including phenoxy) is 2. The van der Waals surface area contributed by atoms with E-state index in [0.29, 0.717) is 29.2 Å². The normalized spacial score (nSPS) is 11.6. The zero-order chi connectivity index (χ0) is 20.5. The number of rotatable bonds is 7. The molecule has 29 heavy (non-hydrogen) atoms. The van der Waals surface area contributed by atoms with Crippen molar-refractivity contribution in [1.82, 2.24) is 4.98 Å². The molecule has 0 radical (unpaired) electrons. The molecule has 3 N–H and O–H groups in total. The van der Waals surface area contributed by atoms with Gasteiger partial charge in [-0.1, -0.05) is 42.5 Å². The summed E-state index contributed by atoms with van der Waals surface area (Å²) in [5.74, 6) is 1.62. The lowest BCUT2D eigenvalue weighted by Gasteiger charge is -2.09. The van der Waals surface area contributed by atoms with Crippen LogP contribution in [0.4, 0.5) is 0 Å². The third-order valence-electron chi connectivity index (χ3n) is 4.06. The number of aliphatic hydroxyl groups is 1. The van der Waals surface area contributed by atoms with Crippen LogP contribution in [-0.2, 0) is 0 Å². The molecule has 148 valence electrons. The third kappa shape index (κ3) is 5.67. The Morgan fingerprint density at radius 2 is 1.90 bits per heavy atom. The van der Waals surface area contributed by atoms with Gasteiger partial charge in [0.25, 0.3) is 0 Å². The Labute approximate surface area is 169 Å². The molecule has 0 atom stereocenters. The maximum absolute atomic E-state index is 8.92. The molecule has 0 unspecified atom stereocenters. The molecule has 3 aromatic rings. The number of nitrogens with zero attached hydrogens (tertiary/aromatic N) is 1. The third-order valence-corrected chi connectivity index (χ3v) is 4.06. The van der Waals surface area contributed by atoms with E-state index in [0.717, 1.165) is 5.56 Å². The van der Waals surface area contributed by atoms with Crippen molar-refractivity contribution in [3.8, 4) is 11.5 Å². The molecule has 0 aliphatic rings. The van der Waals surface area contributed by atoms with Crippen LogP contribution in [0.25, 0.3) is 6.08 Å². The Kier molecular flexibility index (Phi) is 6.97. The summed E-state index contributed by atoms with van der Waals surface area (Å²) >= 11 is 0. The van der Waals surface area contributed by atoms with E-state index in [2.05, 4.69) is 9.98 Å². The second-order valence-electron chi connectivity index (χ2n) is 6.17. The van der Waals surface area contributed by atoms with Crippen LogP contribution in [-0.4, -0.2) is 35.5 Å². The summed E-state index contributed by atoms with van der Waals surface area (Å²) in [5.41, 5.74) is 2.18. The highest BCUT2D eigenvalue weighted by molar-refractivity contribution is 6.08. The van der Waals surface area contributed by atoms with Gasteiger partial charge in [0.05, 0.1) is 7.11 Å². The van der Waals surface area contributed by atoms with Crippen molar-refractivity contribution in [2.24, 2.45) is 4.99 Å². The number of hydrogen-bond donors (Lipinski definition) is 3. The van der Waals surface area contributed by atoms with Gasteiger partial charge in [0, 0.05) is 18.4 Å². The lowest BCUT2D eigenvalue weighted by Crippen LogP contribution is -2.14. The van der Waals surface area contributed by atoms with E-state index >= 15 is 0 Å². The molecule has 0 aliphatic heterocycles. The number of aliphatic imine (C=N–C) groups is 1. The van der Waals surface area contributed by atoms with Gasteiger partial charge in [-0.3, -0.25) is 5.41 Å². The van der Waals surface area contributed by atoms with Crippen LogP contribution in [0.2, 0.25) is 0 Å². The molecule has 2 aromatic carbocycles. The summed E-state index contributed by atoms with van der Waals surface area (Å²) < 4.78 is 11.2. The minimum atomic E-state index is 0.0572. The number of amidine groups is 1. The van der Waals surface area contributed by atoms with E-state index in [1.165, 1.54) is 0 Å². The van der Waals surface area contributed by atoms with Crippen LogP contribution in [0, 0.1) is 5.41 Å². The number of hydrogen-bond acceptors (Lipinski definition) is 4. The van der Waals surface area contributed by atoms with E-state index in [-0.39, 0.29) is 18.3 Å². The maximum atomic E-state index is 8.92. The number of aromatic amines is 1. The molecule has 1 aromatic heterocycles. The Bertz CT molecular complexity index is 1010. The molecule has 0 saturated heterocycles. The minimum Gasteiger partial charge on any atom is -0.497 e. The summed E-state index contributed by atoms with van der Waals surface area (Å²) in [5, 5.41) is 17.3. The molecule has 0 aliphatic carbocycles. The van der Waals surface area contributed by atoms with E-state index in [9.17, 15) is 0 Å². The standard InChI is InChI=1S/C23H23N3O3/c1-28-20-12-7-9-18(15-20)22(24)26-23(29-19-10-3-2-4-11-19)21-14-17(16-25-21)8-5-6-13-27/h2-5,7-12,14-16,24-25,27H,6,13H2,1H3/b8-5+,24-22?,26-23?. The number of nitrogens with one attached hydrogen (secondary N) is 2. The lowest BCUT2D eigenvalue weighted by atomic mass is 10.2. The first kappa shape index (κ1) is 20.1. The van der Waals surface area contributed by atoms with Gasteiger partial charge in [-0.05, 0) is 42.3 Å². The molecule has 6 nitrogen and oxygen atoms in total. The molecular weight excluding hydrogens is 366 g/mol. The Balaban J connectivity index is 1.92. The van der Waals surface area contributed by atoms with Crippen molar-refractivity contribution in [2.45, 2.75) is 6.42 Å². The van der Waals surface area contributed by atoms with Crippen LogP contribution in [0.1, 0.15) is 23.2 Å². The zero-order valence-electron chi connectivity index (χ0n) is 16.1. The predicted molar refractivity (Wildman–Crippen MR) is 115 cm³/mol. The fourth-order valence-corrected chi connectivity index (χ4v) is 2.60. The van der Waals surface area contributed by atoms with Crippen LogP contribution in [0.15, 0.2) is 77.9 Å². The SMILES string of the molecule is COc1cccc(C(=N)N=C(Oc2ccccc2)c2cc(/C=C/CCO)c[nH]2)c1. The van der Waals surface area contributed by atoms with Crippen LogP contribution in [0.3, 0.4) is 0 Å². The van der Waals surface area contributed by atoms with Crippen LogP contribution in [0.5, 0.6) is 11.5 Å². The molecule has 1 heterocycles. The second-order valence-corrected chi connectivity index (χ2v) is 6.17. The number of aliphatic hydroxyl groups excluding tert-OH is 1. The summed E-state index contributed by atoms with van der Waals surface area (Å²) in [6.45, 7) is 0.106. The van der Waals surface area contributed by atoms with E-state index in [1.807, 2.05) is 66.9 Å². The highest BCUT2D eigenvalue weighted by atomic mass is 16.5. The van der Waals surface area contributed by atoms with Crippen LogP contribution < -0.4 is 9.47 Å². The minimum absolute atomic E-state index is 0.0572. The molecular formula is C23H23N3O3.